The Morgan fingerprint density at radius 2 is 1.96 bits per heavy atom. The van der Waals surface area contributed by atoms with Crippen LogP contribution in [0.4, 0.5) is 10.8 Å². The Labute approximate surface area is 159 Å². The molecule has 1 saturated heterocycles. The number of benzene rings is 2. The smallest absolute Gasteiger partial charge is 0.248 e. The molecule has 0 radical (unpaired) electrons. The predicted molar refractivity (Wildman–Crippen MR) is 105 cm³/mol. The maximum Gasteiger partial charge on any atom is 0.248 e. The molecule has 1 aliphatic heterocycles. The maximum absolute atomic E-state index is 12.4. The Kier molecular flexibility index (Phi) is 4.41. The zero-order valence-corrected chi connectivity index (χ0v) is 15.5. The Morgan fingerprint density at radius 3 is 2.63 bits per heavy atom. The number of nitrogens with zero attached hydrogens (tertiary/aromatic N) is 2. The highest BCUT2D eigenvalue weighted by Crippen LogP contribution is 2.34. The van der Waals surface area contributed by atoms with Crippen LogP contribution in [0.15, 0.2) is 42.5 Å². The van der Waals surface area contributed by atoms with Crippen LogP contribution in [-0.4, -0.2) is 37.0 Å². The van der Waals surface area contributed by atoms with Crippen molar-refractivity contribution < 1.29 is 14.3 Å². The van der Waals surface area contributed by atoms with E-state index in [0.717, 1.165) is 21.1 Å². The Balaban J connectivity index is 1.37. The molecule has 3 N–H and O–H groups in total. The minimum absolute atomic E-state index is 0.0409. The standard InChI is InChI=1S/C19H18N4O3S/c1-26-14-6-7-15-16(8-14)27-19(22-15)23-9-12(10-23)18(25)21-13-4-2-11(3-5-13)17(20)24/h2-8,12H,9-10H2,1H3,(H2,20,24)(H,21,25). The highest BCUT2D eigenvalue weighted by Gasteiger charge is 2.34. The summed E-state index contributed by atoms with van der Waals surface area (Å²) in [5, 5.41) is 3.78. The van der Waals surface area contributed by atoms with E-state index in [9.17, 15) is 9.59 Å². The Hall–Kier alpha value is -3.13. The summed E-state index contributed by atoms with van der Waals surface area (Å²) in [7, 11) is 1.64. The fraction of sp³-hybridized carbons (Fsp3) is 0.211. The van der Waals surface area contributed by atoms with Gasteiger partial charge in [0.05, 0.1) is 23.2 Å². The number of hydrogen-bond acceptors (Lipinski definition) is 6. The van der Waals surface area contributed by atoms with E-state index in [4.69, 9.17) is 10.5 Å². The quantitative estimate of drug-likeness (QED) is 0.706. The van der Waals surface area contributed by atoms with Gasteiger partial charge in [0.15, 0.2) is 5.13 Å². The van der Waals surface area contributed by atoms with E-state index in [1.165, 1.54) is 0 Å². The molecule has 2 amide bonds. The van der Waals surface area contributed by atoms with Crippen LogP contribution in [0.5, 0.6) is 5.75 Å². The topological polar surface area (TPSA) is 97.6 Å². The molecular formula is C19H18N4O3S. The molecule has 1 fully saturated rings. The minimum atomic E-state index is -0.490. The van der Waals surface area contributed by atoms with Gasteiger partial charge in [0.25, 0.3) is 0 Å². The third-order valence-electron chi connectivity index (χ3n) is 4.54. The summed E-state index contributed by atoms with van der Waals surface area (Å²) in [4.78, 5) is 30.2. The molecule has 8 heteroatoms. The molecule has 1 aromatic heterocycles. The maximum atomic E-state index is 12.4. The second kappa shape index (κ2) is 6.88. The molecule has 0 saturated carbocycles. The van der Waals surface area contributed by atoms with Crippen LogP contribution in [0.3, 0.4) is 0 Å². The number of hydrogen-bond donors (Lipinski definition) is 2. The van der Waals surface area contributed by atoms with Gasteiger partial charge in [-0.05, 0) is 42.5 Å². The van der Waals surface area contributed by atoms with E-state index in [1.54, 1.807) is 42.7 Å². The number of ether oxygens (including phenoxy) is 1. The fourth-order valence-electron chi connectivity index (χ4n) is 2.92. The number of carbonyl (C=O) groups is 2. The average molecular weight is 382 g/mol. The molecular weight excluding hydrogens is 364 g/mol. The zero-order valence-electron chi connectivity index (χ0n) is 14.6. The van der Waals surface area contributed by atoms with Crippen LogP contribution in [0, 0.1) is 5.92 Å². The average Bonchev–Trinajstić information content (AvgIpc) is 3.03. The molecule has 1 aliphatic rings. The van der Waals surface area contributed by atoms with Gasteiger partial charge in [0, 0.05) is 24.3 Å². The van der Waals surface area contributed by atoms with Crippen LogP contribution in [0.2, 0.25) is 0 Å². The highest BCUT2D eigenvalue weighted by molar-refractivity contribution is 7.22. The number of amides is 2. The summed E-state index contributed by atoms with van der Waals surface area (Å²) in [5.41, 5.74) is 7.20. The van der Waals surface area contributed by atoms with Gasteiger partial charge in [-0.2, -0.15) is 0 Å². The number of anilines is 2. The monoisotopic (exact) mass is 382 g/mol. The van der Waals surface area contributed by atoms with E-state index >= 15 is 0 Å². The first kappa shape index (κ1) is 17.3. The first-order valence-corrected chi connectivity index (χ1v) is 9.25. The van der Waals surface area contributed by atoms with Crippen LogP contribution < -0.4 is 20.7 Å². The van der Waals surface area contributed by atoms with Crippen LogP contribution in [-0.2, 0) is 4.79 Å². The predicted octanol–water partition coefficient (Wildman–Crippen LogP) is 2.48. The number of aromatic nitrogens is 1. The summed E-state index contributed by atoms with van der Waals surface area (Å²) in [6.07, 6.45) is 0. The van der Waals surface area contributed by atoms with Crippen molar-refractivity contribution in [1.82, 2.24) is 4.98 Å². The first-order chi connectivity index (χ1) is 13.0. The SMILES string of the molecule is COc1ccc2nc(N3CC(C(=O)Nc4ccc(C(N)=O)cc4)C3)sc2c1. The second-order valence-electron chi connectivity index (χ2n) is 6.36. The van der Waals surface area contributed by atoms with Crippen LogP contribution in [0.25, 0.3) is 10.2 Å². The number of nitrogens with one attached hydrogen (secondary N) is 1. The van der Waals surface area contributed by atoms with E-state index in [1.807, 2.05) is 18.2 Å². The zero-order chi connectivity index (χ0) is 19.0. The van der Waals surface area contributed by atoms with Gasteiger partial charge in [-0.1, -0.05) is 11.3 Å². The molecule has 0 aliphatic carbocycles. The largest absolute Gasteiger partial charge is 0.497 e. The first-order valence-electron chi connectivity index (χ1n) is 8.44. The van der Waals surface area contributed by atoms with Crippen LogP contribution >= 0.6 is 11.3 Å². The number of fused-ring (bicyclic) bond motifs is 1. The van der Waals surface area contributed by atoms with Gasteiger partial charge in [-0.3, -0.25) is 9.59 Å². The lowest BCUT2D eigenvalue weighted by Crippen LogP contribution is -2.52. The van der Waals surface area contributed by atoms with Gasteiger partial charge >= 0.3 is 0 Å². The van der Waals surface area contributed by atoms with Crippen molar-refractivity contribution in [3.8, 4) is 5.75 Å². The number of primary amides is 1. The minimum Gasteiger partial charge on any atom is -0.497 e. The molecule has 0 unspecified atom stereocenters. The summed E-state index contributed by atoms with van der Waals surface area (Å²) < 4.78 is 6.31. The molecule has 2 heterocycles. The van der Waals surface area contributed by atoms with Gasteiger partial charge in [0.2, 0.25) is 11.8 Å². The Morgan fingerprint density at radius 1 is 1.22 bits per heavy atom. The third kappa shape index (κ3) is 3.43. The summed E-state index contributed by atoms with van der Waals surface area (Å²) in [6, 6.07) is 12.3. The number of thiazole rings is 1. The number of nitrogens with two attached hydrogens (primary N) is 1. The second-order valence-corrected chi connectivity index (χ2v) is 7.37. The van der Waals surface area contributed by atoms with Gasteiger partial charge in [-0.25, -0.2) is 4.98 Å². The number of carbonyl (C=O) groups excluding carboxylic acids is 2. The lowest BCUT2D eigenvalue weighted by atomic mass is 10.00. The third-order valence-corrected chi connectivity index (χ3v) is 5.62. The van der Waals surface area contributed by atoms with E-state index < -0.39 is 5.91 Å². The molecule has 3 aromatic rings. The van der Waals surface area contributed by atoms with Gasteiger partial charge < -0.3 is 20.7 Å². The lowest BCUT2D eigenvalue weighted by molar-refractivity contribution is -0.120. The lowest BCUT2D eigenvalue weighted by Gasteiger charge is -2.37. The molecule has 2 aromatic carbocycles. The summed E-state index contributed by atoms with van der Waals surface area (Å²) in [5.74, 6) is 0.181. The molecule has 0 spiro atoms. The van der Waals surface area contributed by atoms with Gasteiger partial charge in [-0.15, -0.1) is 0 Å². The van der Waals surface area contributed by atoms with Gasteiger partial charge in [0.1, 0.15) is 5.75 Å². The molecule has 7 nitrogen and oxygen atoms in total. The van der Waals surface area contributed by atoms with Crippen molar-refractivity contribution in [3.63, 3.8) is 0 Å². The van der Waals surface area contributed by atoms with Crippen molar-refractivity contribution in [2.24, 2.45) is 11.7 Å². The number of methoxy groups -OCH3 is 1. The Bertz CT molecular complexity index is 1010. The number of rotatable bonds is 5. The molecule has 4 rings (SSSR count). The van der Waals surface area contributed by atoms with E-state index in [0.29, 0.717) is 24.3 Å². The van der Waals surface area contributed by atoms with Crippen molar-refractivity contribution >= 4 is 44.2 Å². The normalized spacial score (nSPS) is 14.0. The van der Waals surface area contributed by atoms with Crippen molar-refractivity contribution in [2.45, 2.75) is 0 Å². The summed E-state index contributed by atoms with van der Waals surface area (Å²) in [6.45, 7) is 1.25. The highest BCUT2D eigenvalue weighted by atomic mass is 32.1. The van der Waals surface area contributed by atoms with Crippen molar-refractivity contribution in [1.29, 1.82) is 0 Å². The molecule has 0 atom stereocenters. The molecule has 0 bridgehead atoms. The van der Waals surface area contributed by atoms with E-state index in [2.05, 4.69) is 15.2 Å². The fourth-order valence-corrected chi connectivity index (χ4v) is 3.93. The molecule has 138 valence electrons. The van der Waals surface area contributed by atoms with Crippen molar-refractivity contribution in [2.75, 3.05) is 30.4 Å². The van der Waals surface area contributed by atoms with Crippen LogP contribution in [0.1, 0.15) is 10.4 Å². The summed E-state index contributed by atoms with van der Waals surface area (Å²) >= 11 is 1.59. The van der Waals surface area contributed by atoms with Crippen molar-refractivity contribution in [3.05, 3.63) is 48.0 Å². The van der Waals surface area contributed by atoms with E-state index in [-0.39, 0.29) is 11.8 Å². The molecule has 27 heavy (non-hydrogen) atoms.